The number of piperazine rings is 1. The molecule has 1 heterocycles. The summed E-state index contributed by atoms with van der Waals surface area (Å²) in [6.45, 7) is 1.56. The van der Waals surface area contributed by atoms with Crippen molar-refractivity contribution in [3.8, 4) is 0 Å². The van der Waals surface area contributed by atoms with Crippen LogP contribution in [0, 0.1) is 0 Å². The Morgan fingerprint density at radius 1 is 1.38 bits per heavy atom. The van der Waals surface area contributed by atoms with Gasteiger partial charge in [-0.1, -0.05) is 0 Å². The number of imide groups is 1. The van der Waals surface area contributed by atoms with Crippen LogP contribution in [0.4, 0.5) is 0 Å². The average Bonchev–Trinajstić information content (AvgIpc) is 2.03. The van der Waals surface area contributed by atoms with E-state index in [4.69, 9.17) is 0 Å². The Hall–Kier alpha value is -0.550. The summed E-state index contributed by atoms with van der Waals surface area (Å²) >= 11 is 1.78. The fraction of sp³-hybridized carbons (Fsp3) is 0.750. The SMILES string of the molecule is CSCCCN1CC(=O)NC(=O)C1. The van der Waals surface area contributed by atoms with Crippen LogP contribution < -0.4 is 5.32 Å². The molecule has 0 aromatic carbocycles. The molecule has 74 valence electrons. The highest BCUT2D eigenvalue weighted by molar-refractivity contribution is 7.98. The molecule has 1 aliphatic heterocycles. The van der Waals surface area contributed by atoms with Gasteiger partial charge in [-0.05, 0) is 18.4 Å². The minimum Gasteiger partial charge on any atom is -0.294 e. The highest BCUT2D eigenvalue weighted by Gasteiger charge is 2.21. The second-order valence-electron chi connectivity index (χ2n) is 3.03. The van der Waals surface area contributed by atoms with Crippen molar-refractivity contribution in [3.63, 3.8) is 0 Å². The number of thioether (sulfide) groups is 1. The molecule has 0 unspecified atom stereocenters. The second kappa shape index (κ2) is 5.24. The highest BCUT2D eigenvalue weighted by Crippen LogP contribution is 2.00. The predicted molar refractivity (Wildman–Crippen MR) is 52.6 cm³/mol. The minimum atomic E-state index is -0.180. The van der Waals surface area contributed by atoms with Gasteiger partial charge in [0, 0.05) is 6.54 Å². The molecule has 1 saturated heterocycles. The Bertz CT molecular complexity index is 192. The van der Waals surface area contributed by atoms with E-state index in [1.165, 1.54) is 0 Å². The van der Waals surface area contributed by atoms with Gasteiger partial charge in [-0.25, -0.2) is 0 Å². The molecule has 2 amide bonds. The third-order valence-corrected chi connectivity index (χ3v) is 2.53. The topological polar surface area (TPSA) is 49.4 Å². The van der Waals surface area contributed by atoms with Crippen LogP contribution in [0.2, 0.25) is 0 Å². The summed E-state index contributed by atoms with van der Waals surface area (Å²) in [6, 6.07) is 0. The van der Waals surface area contributed by atoms with Gasteiger partial charge in [0.2, 0.25) is 11.8 Å². The van der Waals surface area contributed by atoms with Crippen molar-refractivity contribution in [2.75, 3.05) is 31.6 Å². The number of rotatable bonds is 4. The van der Waals surface area contributed by atoms with E-state index in [0.717, 1.165) is 18.7 Å². The van der Waals surface area contributed by atoms with E-state index in [0.29, 0.717) is 13.1 Å². The van der Waals surface area contributed by atoms with Crippen LogP contribution in [0.3, 0.4) is 0 Å². The first-order valence-corrected chi connectivity index (χ1v) is 5.65. The van der Waals surface area contributed by atoms with E-state index < -0.39 is 0 Å². The van der Waals surface area contributed by atoms with Crippen LogP contribution in [0.25, 0.3) is 0 Å². The molecule has 0 saturated carbocycles. The molecule has 0 spiro atoms. The normalized spacial score (nSPS) is 18.8. The van der Waals surface area contributed by atoms with Crippen molar-refractivity contribution in [2.24, 2.45) is 0 Å². The summed E-state index contributed by atoms with van der Waals surface area (Å²) in [7, 11) is 0. The molecule has 0 aliphatic carbocycles. The summed E-state index contributed by atoms with van der Waals surface area (Å²) in [5, 5.41) is 2.27. The fourth-order valence-electron chi connectivity index (χ4n) is 1.29. The lowest BCUT2D eigenvalue weighted by Gasteiger charge is -2.24. The van der Waals surface area contributed by atoms with Crippen LogP contribution in [-0.2, 0) is 9.59 Å². The molecule has 0 aromatic heterocycles. The van der Waals surface area contributed by atoms with Gasteiger partial charge in [0.1, 0.15) is 0 Å². The first-order valence-electron chi connectivity index (χ1n) is 4.26. The van der Waals surface area contributed by atoms with E-state index in [9.17, 15) is 9.59 Å². The minimum absolute atomic E-state index is 0.180. The molecule has 1 fully saturated rings. The van der Waals surface area contributed by atoms with E-state index >= 15 is 0 Å². The van der Waals surface area contributed by atoms with Gasteiger partial charge in [0.25, 0.3) is 0 Å². The van der Waals surface area contributed by atoms with E-state index in [2.05, 4.69) is 5.32 Å². The zero-order chi connectivity index (χ0) is 9.68. The van der Waals surface area contributed by atoms with Crippen LogP contribution in [0.5, 0.6) is 0 Å². The largest absolute Gasteiger partial charge is 0.294 e. The monoisotopic (exact) mass is 202 g/mol. The van der Waals surface area contributed by atoms with E-state index in [1.54, 1.807) is 11.8 Å². The number of nitrogens with zero attached hydrogens (tertiary/aromatic N) is 1. The molecule has 1 aliphatic rings. The molecule has 0 bridgehead atoms. The number of hydrogen-bond donors (Lipinski definition) is 1. The van der Waals surface area contributed by atoms with Crippen molar-refractivity contribution in [1.82, 2.24) is 10.2 Å². The molecule has 0 aromatic rings. The molecule has 0 atom stereocenters. The number of amides is 2. The quantitative estimate of drug-likeness (QED) is 0.502. The maximum Gasteiger partial charge on any atom is 0.240 e. The zero-order valence-electron chi connectivity index (χ0n) is 7.71. The predicted octanol–water partition coefficient (Wildman–Crippen LogP) is -0.302. The van der Waals surface area contributed by atoms with Gasteiger partial charge < -0.3 is 0 Å². The molecular formula is C8H14N2O2S. The molecule has 1 rings (SSSR count). The van der Waals surface area contributed by atoms with Crippen LogP contribution >= 0.6 is 11.8 Å². The first kappa shape index (κ1) is 10.5. The third-order valence-electron chi connectivity index (χ3n) is 1.84. The summed E-state index contributed by atoms with van der Waals surface area (Å²) in [4.78, 5) is 23.8. The molecular weight excluding hydrogens is 188 g/mol. The Balaban J connectivity index is 2.25. The lowest BCUT2D eigenvalue weighted by Crippen LogP contribution is -2.51. The van der Waals surface area contributed by atoms with Crippen LogP contribution in [0.15, 0.2) is 0 Å². The van der Waals surface area contributed by atoms with Gasteiger partial charge in [-0.15, -0.1) is 0 Å². The number of nitrogens with one attached hydrogen (secondary N) is 1. The Morgan fingerprint density at radius 3 is 2.54 bits per heavy atom. The van der Waals surface area contributed by atoms with Crippen LogP contribution in [-0.4, -0.2) is 48.4 Å². The summed E-state index contributed by atoms with van der Waals surface area (Å²) < 4.78 is 0. The third kappa shape index (κ3) is 3.78. The molecule has 0 radical (unpaired) electrons. The van der Waals surface area contributed by atoms with Gasteiger partial charge in [-0.3, -0.25) is 19.8 Å². The highest BCUT2D eigenvalue weighted by atomic mass is 32.2. The average molecular weight is 202 g/mol. The Kier molecular flexibility index (Phi) is 4.24. The summed E-state index contributed by atoms with van der Waals surface area (Å²) in [5.41, 5.74) is 0. The zero-order valence-corrected chi connectivity index (χ0v) is 8.52. The van der Waals surface area contributed by atoms with Crippen molar-refractivity contribution in [1.29, 1.82) is 0 Å². The van der Waals surface area contributed by atoms with Crippen LogP contribution in [0.1, 0.15) is 6.42 Å². The molecule has 5 heteroatoms. The molecule has 1 N–H and O–H groups in total. The van der Waals surface area contributed by atoms with Gasteiger partial charge in [0.15, 0.2) is 0 Å². The van der Waals surface area contributed by atoms with Crippen molar-refractivity contribution in [3.05, 3.63) is 0 Å². The van der Waals surface area contributed by atoms with Crippen molar-refractivity contribution >= 4 is 23.6 Å². The van der Waals surface area contributed by atoms with E-state index in [1.807, 2.05) is 11.2 Å². The lowest BCUT2D eigenvalue weighted by atomic mass is 10.3. The molecule has 4 nitrogen and oxygen atoms in total. The second-order valence-corrected chi connectivity index (χ2v) is 4.01. The van der Waals surface area contributed by atoms with Gasteiger partial charge in [0.05, 0.1) is 13.1 Å². The lowest BCUT2D eigenvalue weighted by molar-refractivity contribution is -0.135. The number of hydrogen-bond acceptors (Lipinski definition) is 4. The number of carbonyl (C=O) groups is 2. The summed E-state index contributed by atoms with van der Waals surface area (Å²) in [6.07, 6.45) is 3.08. The summed E-state index contributed by atoms with van der Waals surface area (Å²) in [5.74, 6) is 0.715. The maximum atomic E-state index is 10.9. The van der Waals surface area contributed by atoms with Gasteiger partial charge >= 0.3 is 0 Å². The van der Waals surface area contributed by atoms with E-state index in [-0.39, 0.29) is 11.8 Å². The first-order chi connectivity index (χ1) is 6.22. The Labute approximate surface area is 82.0 Å². The van der Waals surface area contributed by atoms with Crippen molar-refractivity contribution in [2.45, 2.75) is 6.42 Å². The van der Waals surface area contributed by atoms with Gasteiger partial charge in [-0.2, -0.15) is 11.8 Å². The maximum absolute atomic E-state index is 10.9. The van der Waals surface area contributed by atoms with Crippen molar-refractivity contribution < 1.29 is 9.59 Å². The number of carbonyl (C=O) groups excluding carboxylic acids is 2. The smallest absolute Gasteiger partial charge is 0.240 e. The standard InChI is InChI=1S/C8H14N2O2S/c1-13-4-2-3-10-5-7(11)9-8(12)6-10/h2-6H2,1H3,(H,9,11,12). The Morgan fingerprint density at radius 2 is 2.00 bits per heavy atom. The molecule has 13 heavy (non-hydrogen) atoms. The fourth-order valence-corrected chi connectivity index (χ4v) is 1.71.